The molecule has 1 saturated heterocycles. The van der Waals surface area contributed by atoms with E-state index in [-0.39, 0.29) is 24.7 Å². The Kier molecular flexibility index (Phi) is 7.23. The summed E-state index contributed by atoms with van der Waals surface area (Å²) in [5.74, 6) is 0.581. The van der Waals surface area contributed by atoms with Crippen LogP contribution < -0.4 is 10.1 Å². The number of carbonyl (C=O) groups is 1. The van der Waals surface area contributed by atoms with Crippen LogP contribution >= 0.6 is 0 Å². The van der Waals surface area contributed by atoms with E-state index in [4.69, 9.17) is 14.2 Å². The molecule has 0 unspecified atom stereocenters. The molecule has 1 aliphatic heterocycles. The lowest BCUT2D eigenvalue weighted by atomic mass is 10.2. The van der Waals surface area contributed by atoms with Crippen molar-refractivity contribution in [2.45, 2.75) is 38.7 Å². The first-order chi connectivity index (χ1) is 13.6. The Bertz CT molecular complexity index is 770. The molecule has 5 nitrogen and oxygen atoms in total. The summed E-state index contributed by atoms with van der Waals surface area (Å²) < 4.78 is 16.8. The van der Waals surface area contributed by atoms with Crippen molar-refractivity contribution in [3.05, 3.63) is 77.9 Å². The quantitative estimate of drug-likeness (QED) is 0.532. The largest absolute Gasteiger partial charge is 0.489 e. The van der Waals surface area contributed by atoms with Gasteiger partial charge in [-0.05, 0) is 30.2 Å². The lowest BCUT2D eigenvalue weighted by molar-refractivity contribution is -0.144. The highest BCUT2D eigenvalue weighted by Crippen LogP contribution is 2.18. The van der Waals surface area contributed by atoms with Crippen LogP contribution in [-0.4, -0.2) is 31.3 Å². The van der Waals surface area contributed by atoms with Crippen LogP contribution in [0.15, 0.2) is 61.2 Å². The van der Waals surface area contributed by atoms with Gasteiger partial charge in [-0.3, -0.25) is 4.79 Å². The second-order valence-electron chi connectivity index (χ2n) is 6.97. The molecule has 0 aromatic heterocycles. The van der Waals surface area contributed by atoms with Gasteiger partial charge in [0.05, 0.1) is 12.7 Å². The number of rotatable bonds is 9. The molecule has 0 aliphatic carbocycles. The molecule has 148 valence electrons. The minimum Gasteiger partial charge on any atom is -0.489 e. The summed E-state index contributed by atoms with van der Waals surface area (Å²) in [4.78, 5) is 11.8. The van der Waals surface area contributed by atoms with Crippen molar-refractivity contribution in [2.24, 2.45) is 0 Å². The first kappa shape index (κ1) is 20.1. The fourth-order valence-corrected chi connectivity index (χ4v) is 3.00. The van der Waals surface area contributed by atoms with E-state index in [9.17, 15) is 4.79 Å². The lowest BCUT2D eigenvalue weighted by Gasteiger charge is -2.12. The first-order valence-electron chi connectivity index (χ1n) is 9.54. The number of benzene rings is 2. The molecule has 0 spiro atoms. The Balaban J connectivity index is 1.40. The lowest BCUT2D eigenvalue weighted by Crippen LogP contribution is -2.32. The number of esters is 1. The Morgan fingerprint density at radius 1 is 1.11 bits per heavy atom. The zero-order valence-electron chi connectivity index (χ0n) is 16.2. The highest BCUT2D eigenvalue weighted by atomic mass is 16.5. The van der Waals surface area contributed by atoms with Crippen molar-refractivity contribution in [1.82, 2.24) is 5.32 Å². The number of hydrogen-bond acceptors (Lipinski definition) is 5. The molecule has 0 saturated carbocycles. The molecule has 2 atom stereocenters. The van der Waals surface area contributed by atoms with Crippen LogP contribution in [0.25, 0.3) is 0 Å². The summed E-state index contributed by atoms with van der Waals surface area (Å²) in [6.07, 6.45) is 2.18. The molecule has 5 heteroatoms. The molecule has 3 rings (SSSR count). The predicted molar refractivity (Wildman–Crippen MR) is 108 cm³/mol. The summed E-state index contributed by atoms with van der Waals surface area (Å²) in [5.41, 5.74) is 3.46. The van der Waals surface area contributed by atoms with E-state index in [1.54, 1.807) is 6.08 Å². The predicted octanol–water partition coefficient (Wildman–Crippen LogP) is 3.55. The number of nitrogens with one attached hydrogen (secondary N) is 1. The third-order valence-corrected chi connectivity index (χ3v) is 4.65. The van der Waals surface area contributed by atoms with Gasteiger partial charge in [-0.25, -0.2) is 0 Å². The van der Waals surface area contributed by atoms with Crippen LogP contribution in [0.2, 0.25) is 0 Å². The monoisotopic (exact) mass is 381 g/mol. The number of hydrogen-bond donors (Lipinski definition) is 1. The highest BCUT2D eigenvalue weighted by Gasteiger charge is 2.30. The van der Waals surface area contributed by atoms with Crippen molar-refractivity contribution in [3.63, 3.8) is 0 Å². The maximum Gasteiger partial charge on any atom is 0.323 e. The van der Waals surface area contributed by atoms with Crippen LogP contribution in [0.5, 0.6) is 5.75 Å². The van der Waals surface area contributed by atoms with Crippen LogP contribution in [0.3, 0.4) is 0 Å². The fraction of sp³-hybridized carbons (Fsp3) is 0.348. The van der Waals surface area contributed by atoms with Gasteiger partial charge < -0.3 is 19.5 Å². The molecule has 1 heterocycles. The summed E-state index contributed by atoms with van der Waals surface area (Å²) in [5, 5.41) is 3.14. The van der Waals surface area contributed by atoms with Gasteiger partial charge in [0.1, 0.15) is 25.0 Å². The molecule has 28 heavy (non-hydrogen) atoms. The van der Waals surface area contributed by atoms with Gasteiger partial charge in [0.2, 0.25) is 0 Å². The zero-order valence-corrected chi connectivity index (χ0v) is 16.2. The summed E-state index contributed by atoms with van der Waals surface area (Å²) in [6.45, 7) is 7.54. The van der Waals surface area contributed by atoms with Gasteiger partial charge >= 0.3 is 5.97 Å². The van der Waals surface area contributed by atoms with Gasteiger partial charge in [0, 0.05) is 13.0 Å². The third kappa shape index (κ3) is 5.94. The fourth-order valence-electron chi connectivity index (χ4n) is 3.00. The summed E-state index contributed by atoms with van der Waals surface area (Å²) >= 11 is 0. The SMILES string of the molecule is C=CCOC(=O)[C@@H]1C[C@@H](OCc2ccc(OCc3ccc(C)cc3)cc2)CN1. The molecule has 0 amide bonds. The standard InChI is InChI=1S/C23H27NO4/c1-3-12-26-23(25)22-13-21(14-24-22)28-16-19-8-10-20(11-9-19)27-15-18-6-4-17(2)5-7-18/h3-11,21-22,24H,1,12-16H2,2H3/t21-,22+/m1/s1. The van der Waals surface area contributed by atoms with Crippen molar-refractivity contribution >= 4 is 5.97 Å². The number of carbonyl (C=O) groups excluding carboxylic acids is 1. The molecule has 0 radical (unpaired) electrons. The topological polar surface area (TPSA) is 56.8 Å². The van der Waals surface area contributed by atoms with E-state index >= 15 is 0 Å². The second kappa shape index (κ2) is 10.1. The smallest absolute Gasteiger partial charge is 0.323 e. The Labute approximate surface area is 166 Å². The van der Waals surface area contributed by atoms with Gasteiger partial charge in [0.15, 0.2) is 0 Å². The first-order valence-corrected chi connectivity index (χ1v) is 9.54. The Morgan fingerprint density at radius 3 is 2.50 bits per heavy atom. The average Bonchev–Trinajstić information content (AvgIpc) is 3.20. The number of aryl methyl sites for hydroxylation is 1. The van der Waals surface area contributed by atoms with Crippen LogP contribution in [0.1, 0.15) is 23.1 Å². The minimum atomic E-state index is -0.303. The third-order valence-electron chi connectivity index (χ3n) is 4.65. The van der Waals surface area contributed by atoms with Gasteiger partial charge in [0.25, 0.3) is 0 Å². The average molecular weight is 381 g/mol. The van der Waals surface area contributed by atoms with Crippen LogP contribution in [0, 0.1) is 6.92 Å². The highest BCUT2D eigenvalue weighted by molar-refractivity contribution is 5.76. The van der Waals surface area contributed by atoms with Crippen molar-refractivity contribution in [2.75, 3.05) is 13.2 Å². The molecule has 0 bridgehead atoms. The van der Waals surface area contributed by atoms with Gasteiger partial charge in [-0.1, -0.05) is 54.6 Å². The van der Waals surface area contributed by atoms with E-state index in [0.717, 1.165) is 16.9 Å². The van der Waals surface area contributed by atoms with E-state index < -0.39 is 0 Å². The normalized spacial score (nSPS) is 18.6. The number of ether oxygens (including phenoxy) is 3. The van der Waals surface area contributed by atoms with Gasteiger partial charge in [-0.15, -0.1) is 0 Å². The summed E-state index contributed by atoms with van der Waals surface area (Å²) in [6, 6.07) is 15.9. The molecule has 1 fully saturated rings. The van der Waals surface area contributed by atoms with E-state index in [1.807, 2.05) is 24.3 Å². The maximum atomic E-state index is 11.8. The van der Waals surface area contributed by atoms with Crippen molar-refractivity contribution in [1.29, 1.82) is 0 Å². The van der Waals surface area contributed by atoms with Crippen LogP contribution in [-0.2, 0) is 27.5 Å². The van der Waals surface area contributed by atoms with Crippen molar-refractivity contribution < 1.29 is 19.0 Å². The van der Waals surface area contributed by atoms with Gasteiger partial charge in [-0.2, -0.15) is 0 Å². The van der Waals surface area contributed by atoms with E-state index in [1.165, 1.54) is 5.56 Å². The maximum absolute atomic E-state index is 11.8. The van der Waals surface area contributed by atoms with E-state index in [0.29, 0.717) is 26.2 Å². The molecule has 2 aromatic rings. The second-order valence-corrected chi connectivity index (χ2v) is 6.97. The molecule has 1 aliphatic rings. The zero-order chi connectivity index (χ0) is 19.8. The Hall–Kier alpha value is -2.63. The summed E-state index contributed by atoms with van der Waals surface area (Å²) in [7, 11) is 0. The minimum absolute atomic E-state index is 0.00116. The Morgan fingerprint density at radius 2 is 1.79 bits per heavy atom. The van der Waals surface area contributed by atoms with Crippen molar-refractivity contribution in [3.8, 4) is 5.75 Å². The molecule has 2 aromatic carbocycles. The molecule has 1 N–H and O–H groups in total. The molecular weight excluding hydrogens is 354 g/mol. The van der Waals surface area contributed by atoms with E-state index in [2.05, 4.69) is 43.1 Å². The van der Waals surface area contributed by atoms with Crippen LogP contribution in [0.4, 0.5) is 0 Å². The molecular formula is C23H27NO4.